The smallest absolute Gasteiger partial charge is 0.262 e. The van der Waals surface area contributed by atoms with Crippen molar-refractivity contribution in [2.24, 2.45) is 0 Å². The molecule has 0 heterocycles. The van der Waals surface area contributed by atoms with Gasteiger partial charge in [-0.15, -0.1) is 0 Å². The normalized spacial score (nSPS) is 11.3. The Morgan fingerprint density at radius 3 is 2.25 bits per heavy atom. The first-order valence-electron chi connectivity index (χ1n) is 6.27. The van der Waals surface area contributed by atoms with Crippen molar-refractivity contribution in [3.63, 3.8) is 0 Å². The lowest BCUT2D eigenvalue weighted by atomic mass is 10.1. The van der Waals surface area contributed by atoms with Crippen LogP contribution in [0.3, 0.4) is 0 Å². The molecule has 20 heavy (non-hydrogen) atoms. The van der Waals surface area contributed by atoms with E-state index in [9.17, 15) is 8.42 Å². The summed E-state index contributed by atoms with van der Waals surface area (Å²) in [6, 6.07) is 10.5. The van der Waals surface area contributed by atoms with E-state index in [4.69, 9.17) is 5.73 Å². The molecule has 0 spiro atoms. The third kappa shape index (κ3) is 2.63. The van der Waals surface area contributed by atoms with Gasteiger partial charge in [0, 0.05) is 5.69 Å². The highest BCUT2D eigenvalue weighted by atomic mass is 32.2. The van der Waals surface area contributed by atoms with Crippen LogP contribution >= 0.6 is 0 Å². The topological polar surface area (TPSA) is 72.2 Å². The summed E-state index contributed by atoms with van der Waals surface area (Å²) in [6.45, 7) is 5.42. The van der Waals surface area contributed by atoms with Gasteiger partial charge in [0.05, 0.1) is 10.6 Å². The van der Waals surface area contributed by atoms with E-state index in [0.717, 1.165) is 11.1 Å². The van der Waals surface area contributed by atoms with Crippen LogP contribution in [0.1, 0.15) is 16.7 Å². The van der Waals surface area contributed by atoms with Gasteiger partial charge in [0.2, 0.25) is 0 Å². The van der Waals surface area contributed by atoms with Crippen molar-refractivity contribution < 1.29 is 8.42 Å². The summed E-state index contributed by atoms with van der Waals surface area (Å²) < 4.78 is 27.6. The maximum Gasteiger partial charge on any atom is 0.262 e. The average molecular weight is 290 g/mol. The van der Waals surface area contributed by atoms with Gasteiger partial charge in [-0.1, -0.05) is 24.3 Å². The fourth-order valence-corrected chi connectivity index (χ4v) is 3.51. The van der Waals surface area contributed by atoms with Crippen molar-refractivity contribution in [1.82, 2.24) is 0 Å². The molecule has 0 aliphatic rings. The van der Waals surface area contributed by atoms with Gasteiger partial charge in [-0.25, -0.2) is 8.42 Å². The summed E-state index contributed by atoms with van der Waals surface area (Å²) >= 11 is 0. The minimum Gasteiger partial charge on any atom is -0.398 e. The van der Waals surface area contributed by atoms with Crippen LogP contribution in [0.25, 0.3) is 0 Å². The molecule has 0 amide bonds. The summed E-state index contributed by atoms with van der Waals surface area (Å²) in [5.41, 5.74) is 9.25. The van der Waals surface area contributed by atoms with E-state index in [0.29, 0.717) is 16.9 Å². The molecule has 0 aromatic heterocycles. The van der Waals surface area contributed by atoms with Crippen molar-refractivity contribution in [3.05, 3.63) is 53.1 Å². The summed E-state index contributed by atoms with van der Waals surface area (Å²) in [6.07, 6.45) is 0. The number of anilines is 2. The molecular formula is C15H18N2O2S. The summed E-state index contributed by atoms with van der Waals surface area (Å²) in [5, 5.41) is 0. The lowest BCUT2D eigenvalue weighted by molar-refractivity contribution is 0.600. The van der Waals surface area contributed by atoms with Crippen LogP contribution < -0.4 is 10.5 Å². The second-order valence-electron chi connectivity index (χ2n) is 4.84. The predicted molar refractivity (Wildman–Crippen MR) is 82.3 cm³/mol. The van der Waals surface area contributed by atoms with E-state index in [1.807, 2.05) is 13.0 Å². The highest BCUT2D eigenvalue weighted by molar-refractivity contribution is 7.92. The van der Waals surface area contributed by atoms with Crippen LogP contribution in [0.2, 0.25) is 0 Å². The number of hydrogen-bond donors (Lipinski definition) is 2. The fourth-order valence-electron chi connectivity index (χ4n) is 2.07. The van der Waals surface area contributed by atoms with Gasteiger partial charge in [0.1, 0.15) is 0 Å². The molecule has 0 radical (unpaired) electrons. The van der Waals surface area contributed by atoms with Crippen molar-refractivity contribution >= 4 is 21.4 Å². The van der Waals surface area contributed by atoms with E-state index in [1.165, 1.54) is 0 Å². The third-order valence-electron chi connectivity index (χ3n) is 3.33. The standard InChI is InChI=1S/C15H18N2O2S/c1-10-6-4-5-7-14(10)20(18,19)17-15-11(2)8-9-13(16)12(15)3/h4-9,17H,16H2,1-3H3. The van der Waals surface area contributed by atoms with Crippen LogP contribution in [0, 0.1) is 20.8 Å². The minimum absolute atomic E-state index is 0.279. The summed E-state index contributed by atoms with van der Waals surface area (Å²) in [4.78, 5) is 0.279. The van der Waals surface area contributed by atoms with Gasteiger partial charge in [0.15, 0.2) is 0 Å². The van der Waals surface area contributed by atoms with E-state index in [-0.39, 0.29) is 4.90 Å². The quantitative estimate of drug-likeness (QED) is 0.854. The predicted octanol–water partition coefficient (Wildman–Crippen LogP) is 2.99. The Morgan fingerprint density at radius 2 is 1.60 bits per heavy atom. The van der Waals surface area contributed by atoms with Gasteiger partial charge < -0.3 is 5.73 Å². The molecule has 5 heteroatoms. The SMILES string of the molecule is Cc1ccccc1S(=O)(=O)Nc1c(C)ccc(N)c1C. The van der Waals surface area contributed by atoms with E-state index in [2.05, 4.69) is 4.72 Å². The zero-order chi connectivity index (χ0) is 14.9. The van der Waals surface area contributed by atoms with Crippen molar-refractivity contribution in [2.45, 2.75) is 25.7 Å². The molecule has 2 aromatic rings. The Kier molecular flexibility index (Phi) is 3.72. The average Bonchev–Trinajstić information content (AvgIpc) is 2.39. The van der Waals surface area contributed by atoms with E-state index >= 15 is 0 Å². The number of nitrogen functional groups attached to an aromatic ring is 1. The van der Waals surface area contributed by atoms with E-state index < -0.39 is 10.0 Å². The highest BCUT2D eigenvalue weighted by Gasteiger charge is 2.18. The highest BCUT2D eigenvalue weighted by Crippen LogP contribution is 2.28. The van der Waals surface area contributed by atoms with Crippen molar-refractivity contribution in [3.8, 4) is 0 Å². The molecule has 0 bridgehead atoms. The van der Waals surface area contributed by atoms with Crippen LogP contribution in [0.15, 0.2) is 41.3 Å². The van der Waals surface area contributed by atoms with Crippen LogP contribution in [0.4, 0.5) is 11.4 Å². The molecule has 0 aliphatic heterocycles. The zero-order valence-corrected chi connectivity index (χ0v) is 12.6. The van der Waals surface area contributed by atoms with Crippen LogP contribution in [-0.4, -0.2) is 8.42 Å². The molecule has 2 aromatic carbocycles. The lowest BCUT2D eigenvalue weighted by Gasteiger charge is -2.15. The molecular weight excluding hydrogens is 272 g/mol. The maximum absolute atomic E-state index is 12.5. The molecule has 3 N–H and O–H groups in total. The number of nitrogens with two attached hydrogens (primary N) is 1. The number of sulfonamides is 1. The number of aryl methyl sites for hydroxylation is 2. The first-order chi connectivity index (χ1) is 9.33. The Labute approximate surface area is 119 Å². The second kappa shape index (κ2) is 5.17. The molecule has 2 rings (SSSR count). The van der Waals surface area contributed by atoms with Crippen molar-refractivity contribution in [2.75, 3.05) is 10.5 Å². The minimum atomic E-state index is -3.61. The monoisotopic (exact) mass is 290 g/mol. The van der Waals surface area contributed by atoms with Gasteiger partial charge in [0.25, 0.3) is 10.0 Å². The van der Waals surface area contributed by atoms with Crippen LogP contribution in [0.5, 0.6) is 0 Å². The Bertz CT molecular complexity index is 752. The molecule has 0 saturated heterocycles. The van der Waals surface area contributed by atoms with Gasteiger partial charge in [-0.2, -0.15) is 0 Å². The van der Waals surface area contributed by atoms with Gasteiger partial charge in [-0.05, 0) is 49.6 Å². The van der Waals surface area contributed by atoms with Gasteiger partial charge in [-0.3, -0.25) is 4.72 Å². The summed E-state index contributed by atoms with van der Waals surface area (Å²) in [7, 11) is -3.61. The number of rotatable bonds is 3. The van der Waals surface area contributed by atoms with E-state index in [1.54, 1.807) is 44.2 Å². The molecule has 0 unspecified atom stereocenters. The fraction of sp³-hybridized carbons (Fsp3) is 0.200. The second-order valence-corrected chi connectivity index (χ2v) is 6.49. The molecule has 0 fully saturated rings. The largest absolute Gasteiger partial charge is 0.398 e. The molecule has 0 saturated carbocycles. The molecule has 0 atom stereocenters. The zero-order valence-electron chi connectivity index (χ0n) is 11.8. The first-order valence-corrected chi connectivity index (χ1v) is 7.75. The molecule has 106 valence electrons. The lowest BCUT2D eigenvalue weighted by Crippen LogP contribution is -2.16. The third-order valence-corrected chi connectivity index (χ3v) is 4.84. The van der Waals surface area contributed by atoms with Crippen LogP contribution in [-0.2, 0) is 10.0 Å². The Balaban J connectivity index is 2.50. The maximum atomic E-state index is 12.5. The Morgan fingerprint density at radius 1 is 0.950 bits per heavy atom. The number of hydrogen-bond acceptors (Lipinski definition) is 3. The Hall–Kier alpha value is -2.01. The molecule has 4 nitrogen and oxygen atoms in total. The number of benzene rings is 2. The van der Waals surface area contributed by atoms with Crippen molar-refractivity contribution in [1.29, 1.82) is 0 Å². The number of nitrogens with one attached hydrogen (secondary N) is 1. The first kappa shape index (κ1) is 14.4. The summed E-state index contributed by atoms with van der Waals surface area (Å²) in [5.74, 6) is 0. The van der Waals surface area contributed by atoms with Gasteiger partial charge >= 0.3 is 0 Å². The molecule has 0 aliphatic carbocycles.